The molecule has 2 aliphatic heterocycles. The third-order valence-corrected chi connectivity index (χ3v) is 7.47. The van der Waals surface area contributed by atoms with Crippen LogP contribution in [0.1, 0.15) is 55.9 Å². The van der Waals surface area contributed by atoms with Gasteiger partial charge in [-0.3, -0.25) is 14.5 Å². The van der Waals surface area contributed by atoms with Crippen molar-refractivity contribution >= 4 is 22.9 Å². The zero-order valence-electron chi connectivity index (χ0n) is 19.0. The molecule has 1 saturated carbocycles. The highest BCUT2D eigenvalue weighted by atomic mass is 16.5. The Hall–Kier alpha value is -2.32. The first-order valence-corrected chi connectivity index (χ1v) is 12.1. The SMILES string of the molecule is C[C@]1(C(=O)NC2CCCCCC2)Cn2c(cc3occc32)C(=O)N1CCN1CCOCC1. The Kier molecular flexibility index (Phi) is 5.99. The maximum atomic E-state index is 13.7. The number of fused-ring (bicyclic) bond motifs is 3. The van der Waals surface area contributed by atoms with Crippen LogP contribution in [0.4, 0.5) is 0 Å². The van der Waals surface area contributed by atoms with Crippen molar-refractivity contribution in [3.63, 3.8) is 0 Å². The summed E-state index contributed by atoms with van der Waals surface area (Å²) in [6, 6.07) is 3.87. The summed E-state index contributed by atoms with van der Waals surface area (Å²) in [5.41, 5.74) is 1.21. The smallest absolute Gasteiger partial charge is 0.271 e. The zero-order valence-corrected chi connectivity index (χ0v) is 19.0. The van der Waals surface area contributed by atoms with Gasteiger partial charge in [-0.25, -0.2) is 0 Å². The molecule has 8 heteroatoms. The van der Waals surface area contributed by atoms with Crippen molar-refractivity contribution in [1.82, 2.24) is 19.7 Å². The van der Waals surface area contributed by atoms with Crippen molar-refractivity contribution < 1.29 is 18.7 Å². The number of hydrogen-bond donors (Lipinski definition) is 1. The number of aromatic nitrogens is 1. The molecule has 1 aliphatic carbocycles. The van der Waals surface area contributed by atoms with Gasteiger partial charge in [0.25, 0.3) is 5.91 Å². The summed E-state index contributed by atoms with van der Waals surface area (Å²) >= 11 is 0. The molecule has 2 aromatic rings. The maximum Gasteiger partial charge on any atom is 0.271 e. The van der Waals surface area contributed by atoms with Gasteiger partial charge in [0.15, 0.2) is 5.58 Å². The van der Waals surface area contributed by atoms with Gasteiger partial charge in [0.2, 0.25) is 5.91 Å². The second-order valence-corrected chi connectivity index (χ2v) is 9.63. The molecule has 32 heavy (non-hydrogen) atoms. The van der Waals surface area contributed by atoms with Crippen LogP contribution in [0.3, 0.4) is 0 Å². The molecule has 174 valence electrons. The summed E-state index contributed by atoms with van der Waals surface area (Å²) in [7, 11) is 0. The number of rotatable bonds is 5. The predicted octanol–water partition coefficient (Wildman–Crippen LogP) is 2.62. The summed E-state index contributed by atoms with van der Waals surface area (Å²) in [5.74, 6) is -0.148. The van der Waals surface area contributed by atoms with E-state index in [0.717, 1.165) is 50.8 Å². The van der Waals surface area contributed by atoms with Crippen molar-refractivity contribution in [2.45, 2.75) is 63.6 Å². The minimum Gasteiger partial charge on any atom is -0.463 e. The van der Waals surface area contributed by atoms with Gasteiger partial charge in [-0.05, 0) is 19.8 Å². The molecule has 2 fully saturated rings. The van der Waals surface area contributed by atoms with Crippen molar-refractivity contribution in [1.29, 1.82) is 0 Å². The third-order valence-electron chi connectivity index (χ3n) is 7.47. The lowest BCUT2D eigenvalue weighted by Crippen LogP contribution is -2.65. The van der Waals surface area contributed by atoms with Crippen LogP contribution < -0.4 is 5.32 Å². The second kappa shape index (κ2) is 8.90. The number of hydrogen-bond acceptors (Lipinski definition) is 5. The van der Waals surface area contributed by atoms with E-state index in [1.165, 1.54) is 12.8 Å². The number of carbonyl (C=O) groups excluding carboxylic acids is 2. The topological polar surface area (TPSA) is 80.0 Å². The van der Waals surface area contributed by atoms with Crippen molar-refractivity contribution in [3.05, 3.63) is 24.1 Å². The Labute approximate surface area is 188 Å². The molecule has 2 aromatic heterocycles. The molecule has 5 rings (SSSR count). The van der Waals surface area contributed by atoms with Crippen LogP contribution in [0.15, 0.2) is 22.8 Å². The lowest BCUT2D eigenvalue weighted by atomic mass is 9.93. The van der Waals surface area contributed by atoms with E-state index in [-0.39, 0.29) is 17.9 Å². The predicted molar refractivity (Wildman–Crippen MR) is 121 cm³/mol. The van der Waals surface area contributed by atoms with Gasteiger partial charge in [0.1, 0.15) is 11.2 Å². The van der Waals surface area contributed by atoms with Gasteiger partial charge in [-0.15, -0.1) is 0 Å². The minimum atomic E-state index is -0.952. The fourth-order valence-corrected chi connectivity index (χ4v) is 5.45. The molecule has 0 aromatic carbocycles. The number of amides is 2. The van der Waals surface area contributed by atoms with Gasteiger partial charge in [-0.1, -0.05) is 25.7 Å². The van der Waals surface area contributed by atoms with Crippen LogP contribution in [0, 0.1) is 0 Å². The van der Waals surface area contributed by atoms with Gasteiger partial charge >= 0.3 is 0 Å². The van der Waals surface area contributed by atoms with Crippen molar-refractivity contribution in [2.24, 2.45) is 0 Å². The van der Waals surface area contributed by atoms with Gasteiger partial charge in [-0.2, -0.15) is 0 Å². The Morgan fingerprint density at radius 2 is 1.91 bits per heavy atom. The highest BCUT2D eigenvalue weighted by Gasteiger charge is 2.48. The molecule has 0 spiro atoms. The van der Waals surface area contributed by atoms with E-state index in [0.29, 0.717) is 37.6 Å². The summed E-state index contributed by atoms with van der Waals surface area (Å²) in [5, 5.41) is 3.32. The molecule has 8 nitrogen and oxygen atoms in total. The van der Waals surface area contributed by atoms with Crippen LogP contribution in [-0.4, -0.2) is 77.2 Å². The molecule has 1 atom stereocenters. The van der Waals surface area contributed by atoms with Crippen LogP contribution >= 0.6 is 0 Å². The van der Waals surface area contributed by atoms with E-state index >= 15 is 0 Å². The van der Waals surface area contributed by atoms with Crippen molar-refractivity contribution in [3.8, 4) is 0 Å². The fourth-order valence-electron chi connectivity index (χ4n) is 5.45. The standard InChI is InChI=1S/C24H34N4O4/c1-24(23(30)25-18-6-4-2-3-5-7-18)17-27-19-8-13-32-21(19)16-20(27)22(29)28(24)10-9-26-11-14-31-15-12-26/h8,13,16,18H,2-7,9-12,14-15,17H2,1H3,(H,25,30)/t24-/m1/s1. The van der Waals surface area contributed by atoms with Crippen LogP contribution in [0.2, 0.25) is 0 Å². The molecule has 0 radical (unpaired) electrons. The normalized spacial score (nSPS) is 25.7. The second-order valence-electron chi connectivity index (χ2n) is 9.63. The zero-order chi connectivity index (χ0) is 22.1. The maximum absolute atomic E-state index is 13.7. The first-order chi connectivity index (χ1) is 15.6. The summed E-state index contributed by atoms with van der Waals surface area (Å²) in [6.07, 6.45) is 8.44. The van der Waals surface area contributed by atoms with Gasteiger partial charge in [0.05, 0.1) is 31.5 Å². The monoisotopic (exact) mass is 442 g/mol. The lowest BCUT2D eigenvalue weighted by molar-refractivity contribution is -0.133. The quantitative estimate of drug-likeness (QED) is 0.720. The third kappa shape index (κ3) is 3.94. The molecular formula is C24H34N4O4. The van der Waals surface area contributed by atoms with Crippen LogP contribution in [-0.2, 0) is 16.1 Å². The Balaban J connectivity index is 1.42. The lowest BCUT2D eigenvalue weighted by Gasteiger charge is -2.45. The van der Waals surface area contributed by atoms with E-state index < -0.39 is 5.54 Å². The van der Waals surface area contributed by atoms with Crippen LogP contribution in [0.5, 0.6) is 0 Å². The number of ether oxygens (including phenoxy) is 1. The number of nitrogens with zero attached hydrogens (tertiary/aromatic N) is 3. The van der Waals surface area contributed by atoms with E-state index in [1.807, 2.05) is 23.6 Å². The largest absolute Gasteiger partial charge is 0.463 e. The van der Waals surface area contributed by atoms with Gasteiger partial charge < -0.3 is 23.9 Å². The summed E-state index contributed by atoms with van der Waals surface area (Å²) in [6.45, 7) is 6.74. The number of morpholine rings is 1. The fraction of sp³-hybridized carbons (Fsp3) is 0.667. The Morgan fingerprint density at radius 3 is 2.66 bits per heavy atom. The summed E-state index contributed by atoms with van der Waals surface area (Å²) in [4.78, 5) is 31.5. The van der Waals surface area contributed by atoms with Crippen molar-refractivity contribution in [2.75, 3.05) is 39.4 Å². The Bertz CT molecular complexity index is 968. The molecule has 4 heterocycles. The average molecular weight is 443 g/mol. The minimum absolute atomic E-state index is 0.0456. The van der Waals surface area contributed by atoms with Crippen LogP contribution in [0.25, 0.3) is 11.1 Å². The number of carbonyl (C=O) groups is 2. The highest BCUT2D eigenvalue weighted by Crippen LogP contribution is 2.33. The molecule has 1 saturated heterocycles. The molecule has 0 bridgehead atoms. The van der Waals surface area contributed by atoms with E-state index in [4.69, 9.17) is 9.15 Å². The molecule has 3 aliphatic rings. The number of nitrogens with one attached hydrogen (secondary N) is 1. The molecular weight excluding hydrogens is 408 g/mol. The molecule has 2 amide bonds. The highest BCUT2D eigenvalue weighted by molar-refractivity contribution is 6.02. The average Bonchev–Trinajstić information content (AvgIpc) is 3.29. The first-order valence-electron chi connectivity index (χ1n) is 12.1. The molecule has 0 unspecified atom stereocenters. The van der Waals surface area contributed by atoms with Gasteiger partial charge in [0, 0.05) is 44.4 Å². The first kappa shape index (κ1) is 21.5. The van der Waals surface area contributed by atoms with E-state index in [2.05, 4.69) is 10.2 Å². The van der Waals surface area contributed by atoms with E-state index in [9.17, 15) is 9.59 Å². The van der Waals surface area contributed by atoms with E-state index in [1.54, 1.807) is 11.2 Å². The number of furan rings is 1. The Morgan fingerprint density at radius 1 is 1.16 bits per heavy atom. The summed E-state index contributed by atoms with van der Waals surface area (Å²) < 4.78 is 13.0. The molecule has 1 N–H and O–H groups in total.